The van der Waals surface area contributed by atoms with Crippen LogP contribution in [0.2, 0.25) is 0 Å². The Morgan fingerprint density at radius 2 is 2.50 bits per heavy atom. The summed E-state index contributed by atoms with van der Waals surface area (Å²) in [5.74, 6) is 0. The number of hydrogen-bond donors (Lipinski definition) is 1. The summed E-state index contributed by atoms with van der Waals surface area (Å²) < 4.78 is 7.94. The first kappa shape index (κ1) is 13.8. The molecule has 1 aliphatic rings. The topological polar surface area (TPSA) is 43.3 Å². The summed E-state index contributed by atoms with van der Waals surface area (Å²) in [7, 11) is 0. The van der Waals surface area contributed by atoms with E-state index in [1.165, 1.54) is 0 Å². The van der Waals surface area contributed by atoms with Gasteiger partial charge in [-0.25, -0.2) is 0 Å². The third-order valence-corrected chi connectivity index (χ3v) is 3.92. The molecule has 100 valence electrons. The summed E-state index contributed by atoms with van der Waals surface area (Å²) in [5, 5.41) is 3.42. The van der Waals surface area contributed by atoms with Crippen LogP contribution in [0.15, 0.2) is 27.6 Å². The number of pyridine rings is 1. The standard InChI is InChI=1S/C13H19BrN2O2/c1-10(12-5-3-9-18-12)15-6-8-16-7-2-4-11(14)13(16)17/h2,4,7,10,12,15H,3,5-6,8-9H2,1H3. The molecule has 2 rings (SSSR count). The zero-order valence-corrected chi connectivity index (χ0v) is 12.1. The molecule has 0 saturated carbocycles. The van der Waals surface area contributed by atoms with Crippen molar-refractivity contribution in [3.8, 4) is 0 Å². The van der Waals surface area contributed by atoms with Gasteiger partial charge < -0.3 is 14.6 Å². The molecule has 0 radical (unpaired) electrons. The molecule has 18 heavy (non-hydrogen) atoms. The van der Waals surface area contributed by atoms with Gasteiger partial charge in [-0.1, -0.05) is 0 Å². The lowest BCUT2D eigenvalue weighted by Gasteiger charge is -2.20. The molecule has 5 heteroatoms. The van der Waals surface area contributed by atoms with Crippen molar-refractivity contribution in [2.24, 2.45) is 0 Å². The maximum absolute atomic E-state index is 11.8. The Hall–Kier alpha value is -0.650. The molecule has 2 heterocycles. The van der Waals surface area contributed by atoms with Crippen LogP contribution in [0, 0.1) is 0 Å². The highest BCUT2D eigenvalue weighted by atomic mass is 79.9. The largest absolute Gasteiger partial charge is 0.377 e. The minimum absolute atomic E-state index is 0.0177. The average Bonchev–Trinajstić information content (AvgIpc) is 2.88. The predicted octanol–water partition coefficient (Wildman–Crippen LogP) is 1.77. The van der Waals surface area contributed by atoms with Crippen LogP contribution in [0.25, 0.3) is 0 Å². The Kier molecular flexibility index (Phi) is 4.97. The Morgan fingerprint density at radius 1 is 1.67 bits per heavy atom. The van der Waals surface area contributed by atoms with Crippen molar-refractivity contribution in [3.05, 3.63) is 33.2 Å². The predicted molar refractivity (Wildman–Crippen MR) is 74.8 cm³/mol. The maximum Gasteiger partial charge on any atom is 0.264 e. The number of nitrogens with zero attached hydrogens (tertiary/aromatic N) is 1. The van der Waals surface area contributed by atoms with Gasteiger partial charge in [0.15, 0.2) is 0 Å². The van der Waals surface area contributed by atoms with Gasteiger partial charge in [-0.2, -0.15) is 0 Å². The minimum Gasteiger partial charge on any atom is -0.377 e. The normalized spacial score (nSPS) is 21.1. The zero-order chi connectivity index (χ0) is 13.0. The lowest BCUT2D eigenvalue weighted by atomic mass is 10.1. The highest BCUT2D eigenvalue weighted by molar-refractivity contribution is 9.10. The Balaban J connectivity index is 1.81. The first-order chi connectivity index (χ1) is 8.68. The summed E-state index contributed by atoms with van der Waals surface area (Å²) >= 11 is 3.25. The van der Waals surface area contributed by atoms with E-state index in [1.807, 2.05) is 12.3 Å². The molecule has 0 spiro atoms. The highest BCUT2D eigenvalue weighted by Crippen LogP contribution is 2.15. The van der Waals surface area contributed by atoms with E-state index in [9.17, 15) is 4.79 Å². The Morgan fingerprint density at radius 3 is 3.22 bits per heavy atom. The Labute approximate surface area is 115 Å². The first-order valence-electron chi connectivity index (χ1n) is 6.38. The van der Waals surface area contributed by atoms with Crippen LogP contribution in [0.4, 0.5) is 0 Å². The number of nitrogens with one attached hydrogen (secondary N) is 1. The zero-order valence-electron chi connectivity index (χ0n) is 10.6. The average molecular weight is 315 g/mol. The van der Waals surface area contributed by atoms with Gasteiger partial charge in [0.2, 0.25) is 0 Å². The Bertz CT molecular complexity index is 441. The highest BCUT2D eigenvalue weighted by Gasteiger charge is 2.21. The van der Waals surface area contributed by atoms with E-state index in [-0.39, 0.29) is 5.56 Å². The molecule has 1 aliphatic heterocycles. The SMILES string of the molecule is CC(NCCn1cccc(Br)c1=O)C1CCCO1. The maximum atomic E-state index is 11.8. The van der Waals surface area contributed by atoms with Gasteiger partial charge in [-0.15, -0.1) is 0 Å². The molecule has 0 amide bonds. The van der Waals surface area contributed by atoms with Crippen LogP contribution in [0.1, 0.15) is 19.8 Å². The van der Waals surface area contributed by atoms with Gasteiger partial charge in [0.1, 0.15) is 0 Å². The second kappa shape index (κ2) is 6.50. The monoisotopic (exact) mass is 314 g/mol. The van der Waals surface area contributed by atoms with Crippen LogP contribution in [-0.2, 0) is 11.3 Å². The molecule has 1 N–H and O–H groups in total. The fourth-order valence-corrected chi connectivity index (χ4v) is 2.61. The van der Waals surface area contributed by atoms with E-state index in [1.54, 1.807) is 10.6 Å². The second-order valence-corrected chi connectivity index (χ2v) is 5.50. The van der Waals surface area contributed by atoms with E-state index in [0.717, 1.165) is 26.0 Å². The van der Waals surface area contributed by atoms with Crippen LogP contribution < -0.4 is 10.9 Å². The third kappa shape index (κ3) is 3.43. The molecule has 1 fully saturated rings. The molecule has 0 bridgehead atoms. The summed E-state index contributed by atoms with van der Waals surface area (Å²) in [6.45, 7) is 4.47. The van der Waals surface area contributed by atoms with E-state index in [4.69, 9.17) is 4.74 Å². The molecule has 4 nitrogen and oxygen atoms in total. The minimum atomic E-state index is 0.0177. The molecule has 1 aromatic heterocycles. The quantitative estimate of drug-likeness (QED) is 0.900. The van der Waals surface area contributed by atoms with Crippen molar-refractivity contribution in [3.63, 3.8) is 0 Å². The summed E-state index contributed by atoms with van der Waals surface area (Å²) in [6.07, 6.45) is 4.42. The summed E-state index contributed by atoms with van der Waals surface area (Å²) in [6, 6.07) is 3.98. The lowest BCUT2D eigenvalue weighted by Crippen LogP contribution is -2.39. The molecular weight excluding hydrogens is 296 g/mol. The molecule has 0 aromatic carbocycles. The smallest absolute Gasteiger partial charge is 0.264 e. The van der Waals surface area contributed by atoms with Crippen LogP contribution >= 0.6 is 15.9 Å². The van der Waals surface area contributed by atoms with Crippen molar-refractivity contribution in [2.75, 3.05) is 13.2 Å². The van der Waals surface area contributed by atoms with Crippen molar-refractivity contribution in [2.45, 2.75) is 38.5 Å². The lowest BCUT2D eigenvalue weighted by molar-refractivity contribution is 0.0835. The van der Waals surface area contributed by atoms with Gasteiger partial charge in [-0.3, -0.25) is 4.79 Å². The number of ether oxygens (including phenoxy) is 1. The first-order valence-corrected chi connectivity index (χ1v) is 7.18. The van der Waals surface area contributed by atoms with Crippen LogP contribution in [-0.4, -0.2) is 29.9 Å². The molecule has 1 saturated heterocycles. The molecule has 0 aliphatic carbocycles. The molecule has 1 aromatic rings. The van der Waals surface area contributed by atoms with Gasteiger partial charge >= 0.3 is 0 Å². The van der Waals surface area contributed by atoms with Crippen molar-refractivity contribution < 1.29 is 4.74 Å². The van der Waals surface area contributed by atoms with Crippen molar-refractivity contribution in [1.29, 1.82) is 0 Å². The number of aromatic nitrogens is 1. The van der Waals surface area contributed by atoms with Crippen LogP contribution in [0.3, 0.4) is 0 Å². The summed E-state index contributed by atoms with van der Waals surface area (Å²) in [4.78, 5) is 11.8. The number of rotatable bonds is 5. The van der Waals surface area contributed by atoms with E-state index in [2.05, 4.69) is 28.2 Å². The van der Waals surface area contributed by atoms with Gasteiger partial charge in [0, 0.05) is 31.9 Å². The molecule has 2 unspecified atom stereocenters. The fourth-order valence-electron chi connectivity index (χ4n) is 2.22. The van der Waals surface area contributed by atoms with E-state index in [0.29, 0.717) is 23.2 Å². The molecule has 2 atom stereocenters. The molecular formula is C13H19BrN2O2. The van der Waals surface area contributed by atoms with Gasteiger partial charge in [-0.05, 0) is 47.8 Å². The third-order valence-electron chi connectivity index (χ3n) is 3.32. The fraction of sp³-hybridized carbons (Fsp3) is 0.615. The summed E-state index contributed by atoms with van der Waals surface area (Å²) in [5.41, 5.74) is 0.0177. The van der Waals surface area contributed by atoms with E-state index >= 15 is 0 Å². The number of halogens is 1. The van der Waals surface area contributed by atoms with Crippen molar-refractivity contribution in [1.82, 2.24) is 9.88 Å². The second-order valence-electron chi connectivity index (χ2n) is 4.65. The van der Waals surface area contributed by atoms with Crippen molar-refractivity contribution >= 4 is 15.9 Å². The van der Waals surface area contributed by atoms with Gasteiger partial charge in [0.05, 0.1) is 10.6 Å². The van der Waals surface area contributed by atoms with E-state index < -0.39 is 0 Å². The number of hydrogen-bond acceptors (Lipinski definition) is 3. The van der Waals surface area contributed by atoms with Crippen LogP contribution in [0.5, 0.6) is 0 Å². The van der Waals surface area contributed by atoms with Gasteiger partial charge in [0.25, 0.3) is 5.56 Å².